The summed E-state index contributed by atoms with van der Waals surface area (Å²) in [5, 5.41) is 0. The molecule has 0 heterocycles. The second kappa shape index (κ2) is 7.08. The molecule has 0 nitrogen and oxygen atoms in total. The number of hydrogen-bond donors (Lipinski definition) is 0. The third-order valence-corrected chi connectivity index (χ3v) is 1.99. The lowest BCUT2D eigenvalue weighted by molar-refractivity contribution is 0.408. The van der Waals surface area contributed by atoms with Crippen molar-refractivity contribution in [3.8, 4) is 0 Å². The van der Waals surface area contributed by atoms with Gasteiger partial charge in [0.2, 0.25) is 0 Å². The molecule has 1 atom stereocenters. The van der Waals surface area contributed by atoms with Crippen LogP contribution in [0.25, 0.3) is 0 Å². The van der Waals surface area contributed by atoms with E-state index in [1.165, 1.54) is 0 Å². The molecule has 0 amide bonds. The standard InChI is InChI=1S/C11H19F/c1-4-6-8-11(7-5-2)9-10(3)12/h4,11H,1,3,5-9H2,2H3. The molecule has 0 bridgehead atoms. The average Bonchev–Trinajstić information content (AvgIpc) is 2.00. The van der Waals surface area contributed by atoms with Gasteiger partial charge in [0.05, 0.1) is 5.83 Å². The van der Waals surface area contributed by atoms with Crippen LogP contribution in [-0.2, 0) is 0 Å². The summed E-state index contributed by atoms with van der Waals surface area (Å²) in [5.41, 5.74) is 0. The first-order valence-electron chi connectivity index (χ1n) is 4.64. The number of hydrogen-bond acceptors (Lipinski definition) is 0. The van der Waals surface area contributed by atoms with Crippen molar-refractivity contribution in [2.45, 2.75) is 39.0 Å². The smallest absolute Gasteiger partial charge is 0.0930 e. The molecule has 0 fully saturated rings. The lowest BCUT2D eigenvalue weighted by Gasteiger charge is -2.12. The molecule has 12 heavy (non-hydrogen) atoms. The first-order valence-corrected chi connectivity index (χ1v) is 4.64. The van der Waals surface area contributed by atoms with E-state index >= 15 is 0 Å². The summed E-state index contributed by atoms with van der Waals surface area (Å²) in [6.45, 7) is 9.08. The van der Waals surface area contributed by atoms with Crippen molar-refractivity contribution in [3.05, 3.63) is 25.1 Å². The Morgan fingerprint density at radius 3 is 2.58 bits per heavy atom. The van der Waals surface area contributed by atoms with Crippen molar-refractivity contribution in [2.75, 3.05) is 0 Å². The summed E-state index contributed by atoms with van der Waals surface area (Å²) in [7, 11) is 0. The quantitative estimate of drug-likeness (QED) is 0.501. The second-order valence-electron chi connectivity index (χ2n) is 3.24. The second-order valence-corrected chi connectivity index (χ2v) is 3.24. The van der Waals surface area contributed by atoms with Crippen LogP contribution in [0.15, 0.2) is 25.1 Å². The van der Waals surface area contributed by atoms with Crippen molar-refractivity contribution < 1.29 is 4.39 Å². The first-order chi connectivity index (χ1) is 5.70. The SMILES string of the molecule is C=CCCC(CCC)CC(=C)F. The molecule has 0 saturated carbocycles. The fraction of sp³-hybridized carbons (Fsp3) is 0.636. The van der Waals surface area contributed by atoms with Crippen LogP contribution in [0.2, 0.25) is 0 Å². The van der Waals surface area contributed by atoms with E-state index in [0.29, 0.717) is 12.3 Å². The topological polar surface area (TPSA) is 0 Å². The minimum atomic E-state index is -0.183. The highest BCUT2D eigenvalue weighted by Crippen LogP contribution is 2.21. The molecule has 0 aromatic heterocycles. The van der Waals surface area contributed by atoms with E-state index in [2.05, 4.69) is 20.1 Å². The summed E-state index contributed by atoms with van der Waals surface area (Å²) in [4.78, 5) is 0. The van der Waals surface area contributed by atoms with Crippen LogP contribution in [0, 0.1) is 5.92 Å². The molecule has 0 aliphatic rings. The summed E-state index contributed by atoms with van der Waals surface area (Å²) in [5.74, 6) is 0.281. The molecule has 0 N–H and O–H groups in total. The maximum Gasteiger partial charge on any atom is 0.0930 e. The zero-order valence-electron chi connectivity index (χ0n) is 7.98. The Bertz CT molecular complexity index is 138. The van der Waals surface area contributed by atoms with Gasteiger partial charge in [0.25, 0.3) is 0 Å². The molecular weight excluding hydrogens is 151 g/mol. The Morgan fingerprint density at radius 1 is 1.50 bits per heavy atom. The minimum absolute atomic E-state index is 0.183. The van der Waals surface area contributed by atoms with Crippen LogP contribution >= 0.6 is 0 Å². The Kier molecular flexibility index (Phi) is 6.73. The zero-order chi connectivity index (χ0) is 9.40. The molecule has 0 radical (unpaired) electrons. The van der Waals surface area contributed by atoms with Gasteiger partial charge in [-0.25, -0.2) is 4.39 Å². The van der Waals surface area contributed by atoms with Crippen LogP contribution in [0.3, 0.4) is 0 Å². The van der Waals surface area contributed by atoms with Gasteiger partial charge in [-0.05, 0) is 18.8 Å². The van der Waals surface area contributed by atoms with Crippen LogP contribution in [0.4, 0.5) is 4.39 Å². The fourth-order valence-electron chi connectivity index (χ4n) is 1.42. The molecule has 0 rings (SSSR count). The molecule has 0 aromatic rings. The Hall–Kier alpha value is -0.590. The van der Waals surface area contributed by atoms with E-state index < -0.39 is 0 Å². The summed E-state index contributed by atoms with van der Waals surface area (Å²) < 4.78 is 12.5. The predicted octanol–water partition coefficient (Wildman–Crippen LogP) is 4.24. The molecule has 0 spiro atoms. The Labute approximate surface area is 75.2 Å². The number of allylic oxidation sites excluding steroid dienone is 2. The highest BCUT2D eigenvalue weighted by atomic mass is 19.1. The van der Waals surface area contributed by atoms with Gasteiger partial charge in [-0.1, -0.05) is 32.4 Å². The summed E-state index contributed by atoms with van der Waals surface area (Å²) >= 11 is 0. The van der Waals surface area contributed by atoms with Gasteiger partial charge in [-0.2, -0.15) is 0 Å². The molecule has 70 valence electrons. The Morgan fingerprint density at radius 2 is 2.17 bits per heavy atom. The molecule has 0 aromatic carbocycles. The van der Waals surface area contributed by atoms with E-state index in [9.17, 15) is 4.39 Å². The summed E-state index contributed by atoms with van der Waals surface area (Å²) in [6.07, 6.45) is 6.66. The van der Waals surface area contributed by atoms with Crippen LogP contribution in [0.5, 0.6) is 0 Å². The van der Waals surface area contributed by atoms with E-state index in [0.717, 1.165) is 25.7 Å². The Balaban J connectivity index is 3.68. The van der Waals surface area contributed by atoms with Gasteiger partial charge < -0.3 is 0 Å². The maximum absolute atomic E-state index is 12.5. The van der Waals surface area contributed by atoms with E-state index in [4.69, 9.17) is 0 Å². The van der Waals surface area contributed by atoms with Crippen molar-refractivity contribution in [3.63, 3.8) is 0 Å². The van der Waals surface area contributed by atoms with Crippen LogP contribution < -0.4 is 0 Å². The van der Waals surface area contributed by atoms with Crippen LogP contribution in [-0.4, -0.2) is 0 Å². The largest absolute Gasteiger partial charge is 0.212 e. The highest BCUT2D eigenvalue weighted by molar-refractivity contribution is 4.84. The number of halogens is 1. The lowest BCUT2D eigenvalue weighted by Crippen LogP contribution is -1.99. The van der Waals surface area contributed by atoms with E-state index in [1.807, 2.05) is 6.08 Å². The van der Waals surface area contributed by atoms with Gasteiger partial charge in [-0.3, -0.25) is 0 Å². The third kappa shape index (κ3) is 6.14. The molecule has 0 saturated heterocycles. The highest BCUT2D eigenvalue weighted by Gasteiger charge is 2.07. The maximum atomic E-state index is 12.5. The minimum Gasteiger partial charge on any atom is -0.212 e. The molecular formula is C11H19F. The zero-order valence-corrected chi connectivity index (χ0v) is 7.98. The molecule has 1 heteroatoms. The number of rotatable bonds is 7. The third-order valence-electron chi connectivity index (χ3n) is 1.99. The van der Waals surface area contributed by atoms with Gasteiger partial charge >= 0.3 is 0 Å². The van der Waals surface area contributed by atoms with E-state index in [-0.39, 0.29) is 5.83 Å². The van der Waals surface area contributed by atoms with Gasteiger partial charge in [0.1, 0.15) is 0 Å². The summed E-state index contributed by atoms with van der Waals surface area (Å²) in [6, 6.07) is 0. The first kappa shape index (κ1) is 11.4. The molecule has 1 unspecified atom stereocenters. The molecule has 0 aliphatic heterocycles. The fourth-order valence-corrected chi connectivity index (χ4v) is 1.42. The van der Waals surface area contributed by atoms with E-state index in [1.54, 1.807) is 0 Å². The van der Waals surface area contributed by atoms with Gasteiger partial charge in [0, 0.05) is 6.42 Å². The van der Waals surface area contributed by atoms with Crippen molar-refractivity contribution in [2.24, 2.45) is 5.92 Å². The predicted molar refractivity (Wildman–Crippen MR) is 52.7 cm³/mol. The van der Waals surface area contributed by atoms with Crippen LogP contribution in [0.1, 0.15) is 39.0 Å². The van der Waals surface area contributed by atoms with Crippen molar-refractivity contribution in [1.29, 1.82) is 0 Å². The monoisotopic (exact) mass is 170 g/mol. The van der Waals surface area contributed by atoms with Gasteiger partial charge in [-0.15, -0.1) is 6.58 Å². The normalized spacial score (nSPS) is 12.5. The van der Waals surface area contributed by atoms with Crippen molar-refractivity contribution >= 4 is 0 Å². The molecule has 0 aliphatic carbocycles. The van der Waals surface area contributed by atoms with Gasteiger partial charge in [0.15, 0.2) is 0 Å². The average molecular weight is 170 g/mol. The van der Waals surface area contributed by atoms with Crippen molar-refractivity contribution in [1.82, 2.24) is 0 Å². The lowest BCUT2D eigenvalue weighted by atomic mass is 9.94.